The van der Waals surface area contributed by atoms with Crippen LogP contribution in [0.4, 0.5) is 5.95 Å². The van der Waals surface area contributed by atoms with Gasteiger partial charge in [-0.15, -0.1) is 0 Å². The molecule has 5 heteroatoms. The number of nitrogens with zero attached hydrogens (tertiary/aromatic N) is 4. The molecule has 136 valence electrons. The summed E-state index contributed by atoms with van der Waals surface area (Å²) in [5.41, 5.74) is 3.59. The molecule has 1 aromatic heterocycles. The molecule has 2 heterocycles. The smallest absolute Gasteiger partial charge is 0.233 e. The average molecular weight is 358 g/mol. The van der Waals surface area contributed by atoms with Crippen LogP contribution in [0.1, 0.15) is 48.0 Å². The fraction of sp³-hybridized carbons (Fsp3) is 0.318. The van der Waals surface area contributed by atoms with E-state index in [1.807, 2.05) is 27.8 Å². The molecule has 1 aliphatic heterocycles. The van der Waals surface area contributed by atoms with Gasteiger partial charge >= 0.3 is 0 Å². The Balaban J connectivity index is 1.62. The van der Waals surface area contributed by atoms with E-state index in [2.05, 4.69) is 53.4 Å². The lowest BCUT2D eigenvalue weighted by Gasteiger charge is -2.39. The van der Waals surface area contributed by atoms with E-state index in [1.165, 1.54) is 11.1 Å². The molecule has 1 saturated carbocycles. The third-order valence-corrected chi connectivity index (χ3v) is 5.63. The largest absolute Gasteiger partial charge is 0.274 e. The van der Waals surface area contributed by atoms with Crippen LogP contribution in [0.3, 0.4) is 0 Å². The highest BCUT2D eigenvalue weighted by molar-refractivity contribution is 5.96. The summed E-state index contributed by atoms with van der Waals surface area (Å²) in [4.78, 5) is 19.5. The minimum atomic E-state index is -0.0256. The van der Waals surface area contributed by atoms with E-state index in [9.17, 15) is 4.79 Å². The standard InChI is InChI=1S/C22H22N4O/c1-15-7-9-17(10-8-15)20-13-19(16-5-3-2-4-6-16)25(21(27)18-11-12-18)22-23-14-24-26(20)22/h2-10,14,18-20H,11-13H2,1H3/t19-,20+/m1/s1. The molecule has 0 bridgehead atoms. The minimum Gasteiger partial charge on any atom is -0.274 e. The highest BCUT2D eigenvalue weighted by Gasteiger charge is 2.44. The molecule has 0 unspecified atom stereocenters. The molecule has 2 aliphatic rings. The average Bonchev–Trinajstić information content (AvgIpc) is 3.44. The quantitative estimate of drug-likeness (QED) is 0.709. The Kier molecular flexibility index (Phi) is 3.81. The molecule has 1 fully saturated rings. The van der Waals surface area contributed by atoms with Crippen molar-refractivity contribution < 1.29 is 4.79 Å². The van der Waals surface area contributed by atoms with Gasteiger partial charge in [-0.05, 0) is 37.3 Å². The number of fused-ring (bicyclic) bond motifs is 1. The van der Waals surface area contributed by atoms with E-state index in [4.69, 9.17) is 0 Å². The fourth-order valence-corrected chi connectivity index (χ4v) is 4.00. The van der Waals surface area contributed by atoms with Gasteiger partial charge in [0.05, 0.1) is 12.1 Å². The van der Waals surface area contributed by atoms with Gasteiger partial charge in [0, 0.05) is 5.92 Å². The van der Waals surface area contributed by atoms with Crippen molar-refractivity contribution in [1.82, 2.24) is 14.8 Å². The lowest BCUT2D eigenvalue weighted by Crippen LogP contribution is -2.43. The van der Waals surface area contributed by atoms with Gasteiger partial charge in [0.25, 0.3) is 0 Å². The zero-order valence-corrected chi connectivity index (χ0v) is 15.3. The molecule has 27 heavy (non-hydrogen) atoms. The van der Waals surface area contributed by atoms with Crippen LogP contribution in [0.2, 0.25) is 0 Å². The van der Waals surface area contributed by atoms with Gasteiger partial charge in [-0.1, -0.05) is 60.2 Å². The van der Waals surface area contributed by atoms with Crippen LogP contribution < -0.4 is 4.90 Å². The van der Waals surface area contributed by atoms with Crippen LogP contribution in [0.15, 0.2) is 60.9 Å². The molecule has 5 nitrogen and oxygen atoms in total. The molecule has 0 spiro atoms. The molecule has 3 aromatic rings. The summed E-state index contributed by atoms with van der Waals surface area (Å²) in [6.45, 7) is 2.09. The second kappa shape index (κ2) is 6.34. The SMILES string of the molecule is Cc1ccc([C@@H]2C[C@H](c3ccccc3)N(C(=O)C3CC3)c3ncnn32)cc1. The number of hydrogen-bond donors (Lipinski definition) is 0. The van der Waals surface area contributed by atoms with Crippen molar-refractivity contribution in [2.45, 2.75) is 38.3 Å². The van der Waals surface area contributed by atoms with E-state index in [1.54, 1.807) is 6.33 Å². The maximum Gasteiger partial charge on any atom is 0.233 e. The number of aryl methyl sites for hydroxylation is 1. The van der Waals surface area contributed by atoms with Crippen LogP contribution in [-0.2, 0) is 4.79 Å². The third kappa shape index (κ3) is 2.83. The van der Waals surface area contributed by atoms with E-state index in [0.29, 0.717) is 5.95 Å². The lowest BCUT2D eigenvalue weighted by molar-refractivity contribution is -0.120. The van der Waals surface area contributed by atoms with E-state index >= 15 is 0 Å². The van der Waals surface area contributed by atoms with Gasteiger partial charge < -0.3 is 0 Å². The molecule has 1 aliphatic carbocycles. The number of aromatic nitrogens is 3. The Bertz CT molecular complexity index is 959. The Morgan fingerprint density at radius 2 is 1.67 bits per heavy atom. The number of benzene rings is 2. The Morgan fingerprint density at radius 1 is 0.963 bits per heavy atom. The summed E-state index contributed by atoms with van der Waals surface area (Å²) >= 11 is 0. The Hall–Kier alpha value is -2.95. The van der Waals surface area contributed by atoms with Gasteiger partial charge in [-0.2, -0.15) is 10.1 Å². The molecule has 0 saturated heterocycles. The topological polar surface area (TPSA) is 51.0 Å². The minimum absolute atomic E-state index is 0.0256. The Labute approximate surface area is 158 Å². The predicted molar refractivity (Wildman–Crippen MR) is 103 cm³/mol. The summed E-state index contributed by atoms with van der Waals surface area (Å²) in [5.74, 6) is 0.982. The Morgan fingerprint density at radius 3 is 2.37 bits per heavy atom. The summed E-state index contributed by atoms with van der Waals surface area (Å²) in [6.07, 6.45) is 4.32. The molecule has 0 radical (unpaired) electrons. The van der Waals surface area contributed by atoms with Crippen molar-refractivity contribution in [2.75, 3.05) is 4.90 Å². The maximum atomic E-state index is 13.1. The zero-order valence-electron chi connectivity index (χ0n) is 15.3. The first-order chi connectivity index (χ1) is 13.2. The first-order valence-electron chi connectivity index (χ1n) is 9.56. The molecule has 1 amide bonds. The van der Waals surface area contributed by atoms with Crippen LogP contribution in [0, 0.1) is 12.8 Å². The van der Waals surface area contributed by atoms with Crippen molar-refractivity contribution in [3.8, 4) is 0 Å². The van der Waals surface area contributed by atoms with Gasteiger partial charge in [-0.25, -0.2) is 4.68 Å². The number of carbonyl (C=O) groups is 1. The van der Waals surface area contributed by atoms with E-state index in [0.717, 1.165) is 24.8 Å². The second-order valence-corrected chi connectivity index (χ2v) is 7.58. The van der Waals surface area contributed by atoms with Gasteiger partial charge in [0.2, 0.25) is 11.9 Å². The summed E-state index contributed by atoms with van der Waals surface area (Å²) < 4.78 is 1.92. The molecular formula is C22H22N4O. The summed E-state index contributed by atoms with van der Waals surface area (Å²) in [5, 5.41) is 4.49. The van der Waals surface area contributed by atoms with Crippen LogP contribution in [0.5, 0.6) is 0 Å². The third-order valence-electron chi connectivity index (χ3n) is 5.63. The van der Waals surface area contributed by atoms with Crippen molar-refractivity contribution in [2.24, 2.45) is 5.92 Å². The molecule has 5 rings (SSSR count). The number of anilines is 1. The number of amides is 1. The monoisotopic (exact) mass is 358 g/mol. The second-order valence-electron chi connectivity index (χ2n) is 7.58. The van der Waals surface area contributed by atoms with Crippen molar-refractivity contribution in [3.63, 3.8) is 0 Å². The first kappa shape index (κ1) is 16.2. The van der Waals surface area contributed by atoms with Crippen LogP contribution in [0.25, 0.3) is 0 Å². The van der Waals surface area contributed by atoms with Crippen LogP contribution >= 0.6 is 0 Å². The lowest BCUT2D eigenvalue weighted by atomic mass is 9.91. The summed E-state index contributed by atoms with van der Waals surface area (Å²) in [6, 6.07) is 18.9. The van der Waals surface area contributed by atoms with Crippen molar-refractivity contribution >= 4 is 11.9 Å². The number of hydrogen-bond acceptors (Lipinski definition) is 3. The highest BCUT2D eigenvalue weighted by Crippen LogP contribution is 2.44. The van der Waals surface area contributed by atoms with Crippen LogP contribution in [-0.4, -0.2) is 20.7 Å². The van der Waals surface area contributed by atoms with Gasteiger partial charge in [0.15, 0.2) is 0 Å². The van der Waals surface area contributed by atoms with Crippen molar-refractivity contribution in [3.05, 3.63) is 77.6 Å². The summed E-state index contributed by atoms with van der Waals surface area (Å²) in [7, 11) is 0. The molecular weight excluding hydrogens is 336 g/mol. The predicted octanol–water partition coefficient (Wildman–Crippen LogP) is 4.06. The van der Waals surface area contributed by atoms with Gasteiger partial charge in [-0.3, -0.25) is 9.69 Å². The molecule has 0 N–H and O–H groups in total. The fourth-order valence-electron chi connectivity index (χ4n) is 4.00. The number of carbonyl (C=O) groups excluding carboxylic acids is 1. The van der Waals surface area contributed by atoms with E-state index in [-0.39, 0.29) is 23.9 Å². The van der Waals surface area contributed by atoms with Crippen molar-refractivity contribution in [1.29, 1.82) is 0 Å². The normalized spacial score (nSPS) is 21.7. The van der Waals surface area contributed by atoms with E-state index < -0.39 is 0 Å². The number of rotatable bonds is 3. The molecule has 2 aromatic carbocycles. The van der Waals surface area contributed by atoms with Gasteiger partial charge in [0.1, 0.15) is 6.33 Å². The molecule has 2 atom stereocenters. The first-order valence-corrected chi connectivity index (χ1v) is 9.56. The maximum absolute atomic E-state index is 13.1. The zero-order chi connectivity index (χ0) is 18.4. The highest BCUT2D eigenvalue weighted by atomic mass is 16.2.